The average molecular weight is 498 g/mol. The number of carbonyl (C=O) groups is 2. The van der Waals surface area contributed by atoms with Gasteiger partial charge in [-0.2, -0.15) is 0 Å². The van der Waals surface area contributed by atoms with Gasteiger partial charge in [0.1, 0.15) is 11.6 Å². The molecule has 0 spiro atoms. The van der Waals surface area contributed by atoms with E-state index in [4.69, 9.17) is 0 Å². The van der Waals surface area contributed by atoms with Crippen molar-refractivity contribution in [2.75, 3.05) is 33.2 Å². The Morgan fingerprint density at radius 3 is 2.25 bits per heavy atom. The molecule has 0 bridgehead atoms. The van der Waals surface area contributed by atoms with Gasteiger partial charge in [0.05, 0.1) is 5.92 Å². The average Bonchev–Trinajstić information content (AvgIpc) is 3.29. The standard InChI is InChI=1S/C29H37F2N3O2/c1-18-6-8-21(23(14-18)27(35)32-5)19-10-12-33(13-11-19)28(36)25-17-34(29(2,3)4)16-24(25)22-9-7-20(30)15-26(22)31/h6-9,14-15,19,24-25H,10-13,16-17H2,1-5H3,(H,32,35)/t24-,25?/m0/s1. The number of rotatable bonds is 4. The highest BCUT2D eigenvalue weighted by Gasteiger charge is 2.44. The van der Waals surface area contributed by atoms with E-state index < -0.39 is 11.6 Å². The van der Waals surface area contributed by atoms with Gasteiger partial charge in [0, 0.05) is 56.3 Å². The summed E-state index contributed by atoms with van der Waals surface area (Å²) in [6.07, 6.45) is 1.54. The number of amides is 2. The summed E-state index contributed by atoms with van der Waals surface area (Å²) >= 11 is 0. The van der Waals surface area contributed by atoms with Crippen LogP contribution in [0, 0.1) is 24.5 Å². The molecule has 2 heterocycles. The monoisotopic (exact) mass is 497 g/mol. The minimum atomic E-state index is -0.612. The van der Waals surface area contributed by atoms with E-state index in [1.54, 1.807) is 7.05 Å². The Labute approximate surface area is 212 Å². The second-order valence-corrected chi connectivity index (χ2v) is 11.2. The van der Waals surface area contributed by atoms with Gasteiger partial charge >= 0.3 is 0 Å². The molecule has 36 heavy (non-hydrogen) atoms. The molecule has 0 aliphatic carbocycles. The molecule has 1 N–H and O–H groups in total. The van der Waals surface area contributed by atoms with E-state index in [1.807, 2.05) is 30.0 Å². The first-order chi connectivity index (χ1) is 17.0. The van der Waals surface area contributed by atoms with Crippen molar-refractivity contribution in [1.29, 1.82) is 0 Å². The first-order valence-corrected chi connectivity index (χ1v) is 12.8. The number of nitrogens with zero attached hydrogens (tertiary/aromatic N) is 2. The third-order valence-electron chi connectivity index (χ3n) is 7.87. The van der Waals surface area contributed by atoms with Crippen LogP contribution in [0.5, 0.6) is 0 Å². The lowest BCUT2D eigenvalue weighted by molar-refractivity contribution is -0.136. The Bertz CT molecular complexity index is 1140. The van der Waals surface area contributed by atoms with Crippen molar-refractivity contribution in [2.45, 2.75) is 57.9 Å². The summed E-state index contributed by atoms with van der Waals surface area (Å²) < 4.78 is 28.4. The fraction of sp³-hybridized carbons (Fsp3) is 0.517. The van der Waals surface area contributed by atoms with Crippen molar-refractivity contribution in [3.8, 4) is 0 Å². The van der Waals surface area contributed by atoms with E-state index in [-0.39, 0.29) is 35.1 Å². The van der Waals surface area contributed by atoms with E-state index in [0.29, 0.717) is 37.3 Å². The quantitative estimate of drug-likeness (QED) is 0.657. The predicted molar refractivity (Wildman–Crippen MR) is 137 cm³/mol. The largest absolute Gasteiger partial charge is 0.355 e. The lowest BCUT2D eigenvalue weighted by Gasteiger charge is -2.35. The Morgan fingerprint density at radius 1 is 0.972 bits per heavy atom. The van der Waals surface area contributed by atoms with Crippen LogP contribution in [0.1, 0.15) is 72.5 Å². The summed E-state index contributed by atoms with van der Waals surface area (Å²) in [6.45, 7) is 10.5. The molecular weight excluding hydrogens is 460 g/mol. The molecule has 2 aliphatic rings. The smallest absolute Gasteiger partial charge is 0.251 e. The number of hydrogen-bond acceptors (Lipinski definition) is 3. The molecule has 2 atom stereocenters. The van der Waals surface area contributed by atoms with Crippen LogP contribution in [0.3, 0.4) is 0 Å². The summed E-state index contributed by atoms with van der Waals surface area (Å²) in [4.78, 5) is 30.4. The SMILES string of the molecule is CNC(=O)c1cc(C)ccc1C1CCN(C(=O)C2CN(C(C)(C)C)C[C@H]2c2ccc(F)cc2F)CC1. The summed E-state index contributed by atoms with van der Waals surface area (Å²) in [6, 6.07) is 9.66. The number of aryl methyl sites for hydroxylation is 1. The van der Waals surface area contributed by atoms with Crippen molar-refractivity contribution in [1.82, 2.24) is 15.1 Å². The van der Waals surface area contributed by atoms with Crippen LogP contribution in [0.2, 0.25) is 0 Å². The van der Waals surface area contributed by atoms with Gasteiger partial charge in [-0.15, -0.1) is 0 Å². The number of nitrogens with one attached hydrogen (secondary N) is 1. The summed E-state index contributed by atoms with van der Waals surface area (Å²) in [5.41, 5.74) is 3.00. The molecule has 4 rings (SSSR count). The third-order valence-corrected chi connectivity index (χ3v) is 7.87. The van der Waals surface area contributed by atoms with Gasteiger partial charge in [-0.3, -0.25) is 14.5 Å². The number of carbonyl (C=O) groups excluding carboxylic acids is 2. The minimum Gasteiger partial charge on any atom is -0.355 e. The molecule has 2 fully saturated rings. The molecule has 2 aromatic carbocycles. The molecule has 1 unspecified atom stereocenters. The predicted octanol–water partition coefficient (Wildman–Crippen LogP) is 4.85. The lowest BCUT2D eigenvalue weighted by Crippen LogP contribution is -2.44. The molecule has 7 heteroatoms. The van der Waals surface area contributed by atoms with E-state index in [2.05, 4.69) is 31.0 Å². The topological polar surface area (TPSA) is 52.7 Å². The summed E-state index contributed by atoms with van der Waals surface area (Å²) in [5.74, 6) is -1.78. The van der Waals surface area contributed by atoms with Crippen LogP contribution in [-0.2, 0) is 4.79 Å². The maximum Gasteiger partial charge on any atom is 0.251 e. The molecule has 0 aromatic heterocycles. The molecule has 5 nitrogen and oxygen atoms in total. The van der Waals surface area contributed by atoms with Crippen molar-refractivity contribution in [3.05, 3.63) is 70.3 Å². The normalized spacial score (nSPS) is 21.6. The molecule has 0 radical (unpaired) electrons. The van der Waals surface area contributed by atoms with Crippen molar-refractivity contribution < 1.29 is 18.4 Å². The minimum absolute atomic E-state index is 0.0318. The fourth-order valence-electron chi connectivity index (χ4n) is 5.72. The molecule has 194 valence electrons. The van der Waals surface area contributed by atoms with Gasteiger partial charge in [0.2, 0.25) is 5.91 Å². The Hall–Kier alpha value is -2.80. The maximum absolute atomic E-state index is 14.8. The zero-order chi connectivity index (χ0) is 26.2. The van der Waals surface area contributed by atoms with Gasteiger partial charge in [-0.1, -0.05) is 23.8 Å². The van der Waals surface area contributed by atoms with Gasteiger partial charge < -0.3 is 10.2 Å². The maximum atomic E-state index is 14.8. The van der Waals surface area contributed by atoms with E-state index in [1.165, 1.54) is 12.1 Å². The second-order valence-electron chi connectivity index (χ2n) is 11.2. The fourth-order valence-corrected chi connectivity index (χ4v) is 5.72. The third kappa shape index (κ3) is 5.31. The van der Waals surface area contributed by atoms with Crippen LogP contribution in [0.15, 0.2) is 36.4 Å². The second kappa shape index (κ2) is 10.3. The van der Waals surface area contributed by atoms with Crippen LogP contribution < -0.4 is 5.32 Å². The zero-order valence-corrected chi connectivity index (χ0v) is 21.9. The van der Waals surface area contributed by atoms with E-state index >= 15 is 0 Å². The summed E-state index contributed by atoms with van der Waals surface area (Å²) in [7, 11) is 1.64. The van der Waals surface area contributed by atoms with Gasteiger partial charge in [-0.25, -0.2) is 8.78 Å². The first-order valence-electron chi connectivity index (χ1n) is 12.8. The number of piperidine rings is 1. The lowest BCUT2D eigenvalue weighted by atomic mass is 9.84. The Balaban J connectivity index is 1.52. The number of benzene rings is 2. The Morgan fingerprint density at radius 2 is 1.64 bits per heavy atom. The highest BCUT2D eigenvalue weighted by atomic mass is 19.1. The van der Waals surface area contributed by atoms with Crippen molar-refractivity contribution in [2.24, 2.45) is 5.92 Å². The highest BCUT2D eigenvalue weighted by Crippen LogP contribution is 2.39. The van der Waals surface area contributed by atoms with Crippen LogP contribution in [0.25, 0.3) is 0 Å². The van der Waals surface area contributed by atoms with E-state index in [0.717, 1.165) is 30.0 Å². The molecule has 2 aliphatic heterocycles. The van der Waals surface area contributed by atoms with Gasteiger partial charge in [0.25, 0.3) is 5.91 Å². The zero-order valence-electron chi connectivity index (χ0n) is 21.9. The van der Waals surface area contributed by atoms with Crippen LogP contribution in [-0.4, -0.2) is 60.4 Å². The number of hydrogen-bond donors (Lipinski definition) is 1. The van der Waals surface area contributed by atoms with Crippen LogP contribution in [0.4, 0.5) is 8.78 Å². The molecule has 2 saturated heterocycles. The first kappa shape index (κ1) is 26.3. The van der Waals surface area contributed by atoms with E-state index in [9.17, 15) is 18.4 Å². The molecule has 0 saturated carbocycles. The number of likely N-dealkylation sites (tertiary alicyclic amines) is 2. The number of halogens is 2. The van der Waals surface area contributed by atoms with Gasteiger partial charge in [0.15, 0.2) is 0 Å². The van der Waals surface area contributed by atoms with Crippen molar-refractivity contribution in [3.63, 3.8) is 0 Å². The molecule has 2 aromatic rings. The summed E-state index contributed by atoms with van der Waals surface area (Å²) in [5, 5.41) is 2.73. The molecular formula is C29H37F2N3O2. The molecule has 2 amide bonds. The Kier molecular flexibility index (Phi) is 7.51. The van der Waals surface area contributed by atoms with Crippen LogP contribution >= 0.6 is 0 Å². The van der Waals surface area contributed by atoms with Crippen molar-refractivity contribution >= 4 is 11.8 Å². The van der Waals surface area contributed by atoms with Gasteiger partial charge in [-0.05, 0) is 69.7 Å². The highest BCUT2D eigenvalue weighted by molar-refractivity contribution is 5.96.